The molecule has 2 aliphatic rings. The lowest BCUT2D eigenvalue weighted by atomic mass is 9.96. The molecule has 1 aromatic carbocycles. The summed E-state index contributed by atoms with van der Waals surface area (Å²) in [6, 6.07) is 5.97. The lowest BCUT2D eigenvalue weighted by Gasteiger charge is -2.28. The number of rotatable bonds is 5. The van der Waals surface area contributed by atoms with Crippen molar-refractivity contribution in [2.45, 2.75) is 31.8 Å². The van der Waals surface area contributed by atoms with Crippen LogP contribution in [0.3, 0.4) is 0 Å². The average molecular weight is 368 g/mol. The van der Waals surface area contributed by atoms with E-state index in [1.807, 2.05) is 12.1 Å². The van der Waals surface area contributed by atoms with Crippen LogP contribution in [-0.4, -0.2) is 55.6 Å². The van der Waals surface area contributed by atoms with Gasteiger partial charge in [-0.1, -0.05) is 0 Å². The second kappa shape index (κ2) is 8.41. The van der Waals surface area contributed by atoms with Crippen LogP contribution in [0.25, 0.3) is 11.0 Å². The molecule has 1 aliphatic heterocycles. The van der Waals surface area contributed by atoms with Gasteiger partial charge in [-0.15, -0.1) is 12.4 Å². The Morgan fingerprint density at radius 2 is 1.96 bits per heavy atom. The highest BCUT2D eigenvalue weighted by molar-refractivity contribution is 5.85. The molecule has 1 saturated heterocycles. The highest BCUT2D eigenvalue weighted by atomic mass is 35.5. The largest absolute Gasteiger partial charge is 0.491 e. The topological polar surface area (TPSA) is 55.1 Å². The third kappa shape index (κ3) is 4.29. The van der Waals surface area contributed by atoms with E-state index in [9.17, 15) is 5.11 Å². The standard InChI is InChI=1S/C19H25NO4.ClH/c21-14(12-20-7-9-22-10-8-20)13-23-15-5-6-19-17(11-15)16-3-1-2-4-18(16)24-19;/h5-6,11,14,21H,1-4,7-10,12-13H2;1H. The number of aryl methyl sites for hydroxylation is 2. The van der Waals surface area contributed by atoms with Gasteiger partial charge < -0.3 is 19.0 Å². The third-order valence-corrected chi connectivity index (χ3v) is 4.94. The highest BCUT2D eigenvalue weighted by Gasteiger charge is 2.19. The maximum absolute atomic E-state index is 10.2. The number of benzene rings is 1. The summed E-state index contributed by atoms with van der Waals surface area (Å²) in [5.41, 5.74) is 2.29. The number of aliphatic hydroxyl groups is 1. The molecule has 1 atom stereocenters. The molecule has 25 heavy (non-hydrogen) atoms. The number of hydrogen-bond donors (Lipinski definition) is 1. The third-order valence-electron chi connectivity index (χ3n) is 4.94. The van der Waals surface area contributed by atoms with Gasteiger partial charge in [0.2, 0.25) is 0 Å². The number of aliphatic hydroxyl groups excluding tert-OH is 1. The summed E-state index contributed by atoms with van der Waals surface area (Å²) in [5.74, 6) is 1.94. The van der Waals surface area contributed by atoms with Gasteiger partial charge in [-0.2, -0.15) is 0 Å². The minimum absolute atomic E-state index is 0. The number of furan rings is 1. The Kier molecular flexibility index (Phi) is 6.23. The summed E-state index contributed by atoms with van der Waals surface area (Å²) in [5, 5.41) is 11.4. The van der Waals surface area contributed by atoms with Gasteiger partial charge in [0.05, 0.1) is 13.2 Å². The Bertz CT molecular complexity index is 696. The predicted octanol–water partition coefficient (Wildman–Crippen LogP) is 2.81. The molecule has 0 radical (unpaired) electrons. The van der Waals surface area contributed by atoms with Crippen LogP contribution >= 0.6 is 12.4 Å². The lowest BCUT2D eigenvalue weighted by Crippen LogP contribution is -2.42. The first-order chi connectivity index (χ1) is 11.8. The first-order valence-corrected chi connectivity index (χ1v) is 8.95. The monoisotopic (exact) mass is 367 g/mol. The summed E-state index contributed by atoms with van der Waals surface area (Å²) in [7, 11) is 0. The molecule has 1 aliphatic carbocycles. The van der Waals surface area contributed by atoms with Gasteiger partial charge in [0, 0.05) is 37.0 Å². The molecule has 4 rings (SSSR count). The van der Waals surface area contributed by atoms with Crippen molar-refractivity contribution >= 4 is 23.4 Å². The van der Waals surface area contributed by atoms with Crippen molar-refractivity contribution < 1.29 is 19.0 Å². The van der Waals surface area contributed by atoms with E-state index in [0.29, 0.717) is 13.2 Å². The average Bonchev–Trinajstić information content (AvgIpc) is 2.99. The van der Waals surface area contributed by atoms with E-state index < -0.39 is 6.10 Å². The molecule has 2 heterocycles. The SMILES string of the molecule is Cl.OC(COc1ccc2oc3c(c2c1)CCCC3)CN1CCOCC1. The first-order valence-electron chi connectivity index (χ1n) is 8.95. The molecule has 1 unspecified atom stereocenters. The predicted molar refractivity (Wildman–Crippen MR) is 98.9 cm³/mol. The van der Waals surface area contributed by atoms with Gasteiger partial charge in [-0.25, -0.2) is 0 Å². The fraction of sp³-hybridized carbons (Fsp3) is 0.579. The Morgan fingerprint density at radius 1 is 1.16 bits per heavy atom. The number of ether oxygens (including phenoxy) is 2. The molecule has 6 heteroatoms. The van der Waals surface area contributed by atoms with Gasteiger partial charge in [0.15, 0.2) is 0 Å². The second-order valence-electron chi connectivity index (χ2n) is 6.75. The lowest BCUT2D eigenvalue weighted by molar-refractivity contribution is 0.00467. The van der Waals surface area contributed by atoms with E-state index >= 15 is 0 Å². The number of morpholine rings is 1. The summed E-state index contributed by atoms with van der Waals surface area (Å²) >= 11 is 0. The molecule has 0 spiro atoms. The van der Waals surface area contributed by atoms with Crippen molar-refractivity contribution in [3.05, 3.63) is 29.5 Å². The van der Waals surface area contributed by atoms with Crippen molar-refractivity contribution in [3.8, 4) is 5.75 Å². The smallest absolute Gasteiger partial charge is 0.134 e. The second-order valence-corrected chi connectivity index (χ2v) is 6.75. The molecule has 1 N–H and O–H groups in total. The Balaban J connectivity index is 0.00000182. The molecule has 1 fully saturated rings. The minimum atomic E-state index is -0.489. The molecule has 0 bridgehead atoms. The molecule has 0 amide bonds. The fourth-order valence-electron chi connectivity index (χ4n) is 3.66. The Morgan fingerprint density at radius 3 is 2.80 bits per heavy atom. The van der Waals surface area contributed by atoms with Gasteiger partial charge in [0.25, 0.3) is 0 Å². The molecule has 138 valence electrons. The van der Waals surface area contributed by atoms with Crippen LogP contribution in [-0.2, 0) is 17.6 Å². The van der Waals surface area contributed by atoms with Gasteiger partial charge in [0.1, 0.15) is 29.8 Å². The van der Waals surface area contributed by atoms with E-state index in [0.717, 1.165) is 56.2 Å². The van der Waals surface area contributed by atoms with E-state index in [1.54, 1.807) is 0 Å². The summed E-state index contributed by atoms with van der Waals surface area (Å²) < 4.78 is 17.1. The van der Waals surface area contributed by atoms with E-state index in [-0.39, 0.29) is 12.4 Å². The number of halogens is 1. The summed E-state index contributed by atoms with van der Waals surface area (Å²) in [6.45, 7) is 4.19. The van der Waals surface area contributed by atoms with Gasteiger partial charge >= 0.3 is 0 Å². The van der Waals surface area contributed by atoms with Gasteiger partial charge in [-0.05, 0) is 37.5 Å². The highest BCUT2D eigenvalue weighted by Crippen LogP contribution is 2.33. The number of hydrogen-bond acceptors (Lipinski definition) is 5. The molecule has 5 nitrogen and oxygen atoms in total. The van der Waals surface area contributed by atoms with Crippen molar-refractivity contribution in [1.82, 2.24) is 4.90 Å². The normalized spacial score (nSPS) is 19.2. The van der Waals surface area contributed by atoms with Crippen LogP contribution in [0, 0.1) is 0 Å². The summed E-state index contributed by atoms with van der Waals surface area (Å²) in [4.78, 5) is 2.22. The number of β-amino-alcohol motifs (C(OH)–C–C–N with tert-alkyl or cyclic N) is 1. The number of nitrogens with zero attached hydrogens (tertiary/aromatic N) is 1. The van der Waals surface area contributed by atoms with Crippen LogP contribution in [0.5, 0.6) is 5.75 Å². The Labute approximate surface area is 154 Å². The van der Waals surface area contributed by atoms with Crippen LogP contribution in [0.1, 0.15) is 24.2 Å². The quantitative estimate of drug-likeness (QED) is 0.880. The molecular weight excluding hydrogens is 342 g/mol. The van der Waals surface area contributed by atoms with Crippen LogP contribution in [0.2, 0.25) is 0 Å². The fourth-order valence-corrected chi connectivity index (χ4v) is 3.66. The van der Waals surface area contributed by atoms with Gasteiger partial charge in [-0.3, -0.25) is 4.90 Å². The van der Waals surface area contributed by atoms with E-state index in [4.69, 9.17) is 13.9 Å². The van der Waals surface area contributed by atoms with Crippen LogP contribution in [0.15, 0.2) is 22.6 Å². The van der Waals surface area contributed by atoms with Crippen molar-refractivity contribution in [3.63, 3.8) is 0 Å². The minimum Gasteiger partial charge on any atom is -0.491 e. The maximum atomic E-state index is 10.2. The van der Waals surface area contributed by atoms with Crippen molar-refractivity contribution in [1.29, 1.82) is 0 Å². The van der Waals surface area contributed by atoms with E-state index in [1.165, 1.54) is 23.8 Å². The zero-order chi connectivity index (χ0) is 16.4. The van der Waals surface area contributed by atoms with E-state index in [2.05, 4.69) is 11.0 Å². The first kappa shape index (κ1) is 18.5. The zero-order valence-corrected chi connectivity index (χ0v) is 15.2. The van der Waals surface area contributed by atoms with Crippen molar-refractivity contribution in [2.75, 3.05) is 39.5 Å². The zero-order valence-electron chi connectivity index (χ0n) is 14.4. The molecule has 1 aromatic heterocycles. The molecule has 0 saturated carbocycles. The Hall–Kier alpha value is -1.27. The summed E-state index contributed by atoms with van der Waals surface area (Å²) in [6.07, 6.45) is 4.08. The van der Waals surface area contributed by atoms with Crippen molar-refractivity contribution in [2.24, 2.45) is 0 Å². The maximum Gasteiger partial charge on any atom is 0.134 e. The van der Waals surface area contributed by atoms with Crippen LogP contribution in [0.4, 0.5) is 0 Å². The molecular formula is C19H26ClNO4. The number of fused-ring (bicyclic) bond motifs is 3. The molecule has 2 aromatic rings. The van der Waals surface area contributed by atoms with Crippen LogP contribution < -0.4 is 4.74 Å².